The first-order valence-corrected chi connectivity index (χ1v) is 5.14. The molecule has 2 aromatic rings. The lowest BCUT2D eigenvalue weighted by Crippen LogP contribution is -2.12. The number of hydrogen-bond acceptors (Lipinski definition) is 4. The van der Waals surface area contributed by atoms with E-state index in [4.69, 9.17) is 11.5 Å². The fourth-order valence-corrected chi connectivity index (χ4v) is 1.81. The van der Waals surface area contributed by atoms with E-state index in [2.05, 4.69) is 26.0 Å². The van der Waals surface area contributed by atoms with Crippen LogP contribution in [0.1, 0.15) is 10.4 Å². The van der Waals surface area contributed by atoms with E-state index in [-0.39, 0.29) is 5.95 Å². The summed E-state index contributed by atoms with van der Waals surface area (Å²) in [4.78, 5) is 14.8. The largest absolute Gasteiger partial charge is 0.366 e. The topological polar surface area (TPSA) is 99.8 Å². The second-order valence-corrected chi connectivity index (χ2v) is 3.93. The van der Waals surface area contributed by atoms with Crippen LogP contribution in [0, 0.1) is 0 Å². The maximum Gasteiger partial charge on any atom is 0.249 e. The minimum absolute atomic E-state index is 0.190. The van der Waals surface area contributed by atoms with Crippen molar-refractivity contribution in [3.8, 4) is 5.69 Å². The van der Waals surface area contributed by atoms with Gasteiger partial charge in [-0.1, -0.05) is 0 Å². The maximum atomic E-state index is 11.0. The third kappa shape index (κ3) is 1.89. The molecule has 0 fully saturated rings. The Bertz CT molecular complexity index is 551. The molecule has 0 aliphatic rings. The average Bonchev–Trinajstić information content (AvgIpc) is 2.64. The van der Waals surface area contributed by atoms with Crippen molar-refractivity contribution in [3.05, 3.63) is 34.6 Å². The highest BCUT2D eigenvalue weighted by atomic mass is 79.9. The van der Waals surface area contributed by atoms with Crippen LogP contribution in [-0.4, -0.2) is 20.7 Å². The summed E-state index contributed by atoms with van der Waals surface area (Å²) in [5.41, 5.74) is 11.7. The molecule has 0 unspecified atom stereocenters. The summed E-state index contributed by atoms with van der Waals surface area (Å²) in [6.45, 7) is 0. The minimum Gasteiger partial charge on any atom is -0.366 e. The minimum atomic E-state index is -0.489. The van der Waals surface area contributed by atoms with Crippen LogP contribution in [0.25, 0.3) is 5.69 Å². The van der Waals surface area contributed by atoms with E-state index in [1.807, 2.05) is 0 Å². The molecule has 1 aromatic carbocycles. The van der Waals surface area contributed by atoms with E-state index in [9.17, 15) is 4.79 Å². The number of rotatable bonds is 2. The van der Waals surface area contributed by atoms with Crippen molar-refractivity contribution in [1.82, 2.24) is 14.8 Å². The number of carbonyl (C=O) groups is 1. The summed E-state index contributed by atoms with van der Waals surface area (Å²) in [6, 6.07) is 5.03. The molecule has 0 radical (unpaired) electrons. The van der Waals surface area contributed by atoms with Gasteiger partial charge in [-0.3, -0.25) is 4.79 Å². The molecule has 7 heteroatoms. The predicted octanol–water partition coefficient (Wildman–Crippen LogP) is 0.711. The second kappa shape index (κ2) is 3.93. The molecule has 4 N–H and O–H groups in total. The first-order chi connectivity index (χ1) is 7.58. The highest BCUT2D eigenvalue weighted by Gasteiger charge is 2.08. The van der Waals surface area contributed by atoms with Crippen LogP contribution in [0.3, 0.4) is 0 Å². The number of amides is 1. The van der Waals surface area contributed by atoms with Crippen LogP contribution in [0.5, 0.6) is 0 Å². The number of halogens is 1. The first-order valence-electron chi connectivity index (χ1n) is 4.35. The van der Waals surface area contributed by atoms with Gasteiger partial charge in [-0.15, -0.1) is 5.10 Å². The number of carbonyl (C=O) groups excluding carboxylic acids is 1. The van der Waals surface area contributed by atoms with Crippen molar-refractivity contribution < 1.29 is 4.79 Å². The zero-order valence-electron chi connectivity index (χ0n) is 8.09. The van der Waals surface area contributed by atoms with Crippen molar-refractivity contribution in [2.75, 3.05) is 5.73 Å². The van der Waals surface area contributed by atoms with Gasteiger partial charge in [0.1, 0.15) is 6.33 Å². The Morgan fingerprint density at radius 3 is 2.69 bits per heavy atom. The monoisotopic (exact) mass is 281 g/mol. The lowest BCUT2D eigenvalue weighted by atomic mass is 10.2. The highest BCUT2D eigenvalue weighted by Crippen LogP contribution is 2.20. The molecule has 0 saturated heterocycles. The van der Waals surface area contributed by atoms with Crippen molar-refractivity contribution >= 4 is 27.8 Å². The molecule has 6 nitrogen and oxygen atoms in total. The van der Waals surface area contributed by atoms with Crippen molar-refractivity contribution in [3.63, 3.8) is 0 Å². The third-order valence-electron chi connectivity index (χ3n) is 1.99. The van der Waals surface area contributed by atoms with E-state index in [1.165, 1.54) is 11.0 Å². The number of nitrogen functional groups attached to an aromatic ring is 1. The molecule has 0 saturated carbocycles. The number of nitrogens with zero attached hydrogens (tertiary/aromatic N) is 3. The second-order valence-electron chi connectivity index (χ2n) is 3.08. The Morgan fingerprint density at radius 1 is 1.44 bits per heavy atom. The molecule has 1 amide bonds. The van der Waals surface area contributed by atoms with Gasteiger partial charge in [0.05, 0.1) is 11.3 Å². The highest BCUT2D eigenvalue weighted by molar-refractivity contribution is 9.10. The Labute approximate surface area is 99.4 Å². The normalized spacial score (nSPS) is 10.3. The summed E-state index contributed by atoms with van der Waals surface area (Å²) in [7, 11) is 0. The van der Waals surface area contributed by atoms with Gasteiger partial charge >= 0.3 is 0 Å². The maximum absolute atomic E-state index is 11.0. The van der Waals surface area contributed by atoms with Gasteiger partial charge in [0, 0.05) is 4.47 Å². The van der Waals surface area contributed by atoms with Crippen LogP contribution in [-0.2, 0) is 0 Å². The summed E-state index contributed by atoms with van der Waals surface area (Å²) in [5.74, 6) is -0.299. The lowest BCUT2D eigenvalue weighted by molar-refractivity contribution is 0.0999. The SMILES string of the molecule is NC(=O)c1ccc(-n2cnc(N)n2)cc1Br. The van der Waals surface area contributed by atoms with E-state index in [0.29, 0.717) is 10.0 Å². The molecule has 82 valence electrons. The molecule has 0 spiro atoms. The van der Waals surface area contributed by atoms with Gasteiger partial charge in [-0.2, -0.15) is 0 Å². The van der Waals surface area contributed by atoms with Gasteiger partial charge in [0.15, 0.2) is 0 Å². The molecule has 2 rings (SSSR count). The summed E-state index contributed by atoms with van der Waals surface area (Å²) in [6.07, 6.45) is 1.49. The van der Waals surface area contributed by atoms with Crippen LogP contribution >= 0.6 is 15.9 Å². The molecule has 16 heavy (non-hydrogen) atoms. The van der Waals surface area contributed by atoms with Gasteiger partial charge in [0.25, 0.3) is 0 Å². The van der Waals surface area contributed by atoms with E-state index < -0.39 is 5.91 Å². The lowest BCUT2D eigenvalue weighted by Gasteiger charge is -2.03. The fraction of sp³-hybridized carbons (Fsp3) is 0. The average molecular weight is 282 g/mol. The third-order valence-corrected chi connectivity index (χ3v) is 2.65. The molecule has 1 aromatic heterocycles. The molecule has 0 atom stereocenters. The number of nitrogens with two attached hydrogens (primary N) is 2. The molecular weight excluding hydrogens is 274 g/mol. The Morgan fingerprint density at radius 2 is 2.19 bits per heavy atom. The van der Waals surface area contributed by atoms with Crippen LogP contribution in [0.2, 0.25) is 0 Å². The molecule has 0 aliphatic carbocycles. The first kappa shape index (κ1) is 10.6. The van der Waals surface area contributed by atoms with Gasteiger partial charge < -0.3 is 11.5 Å². The van der Waals surface area contributed by atoms with E-state index >= 15 is 0 Å². The smallest absolute Gasteiger partial charge is 0.249 e. The molecule has 0 bridgehead atoms. The van der Waals surface area contributed by atoms with Gasteiger partial charge in [-0.25, -0.2) is 9.67 Å². The number of aromatic nitrogens is 3. The quantitative estimate of drug-likeness (QED) is 0.847. The van der Waals surface area contributed by atoms with Gasteiger partial charge in [-0.05, 0) is 34.1 Å². The standard InChI is InChI=1S/C9H8BrN5O/c10-7-3-5(1-2-6(7)8(11)16)15-4-13-9(12)14-15/h1-4H,(H2,11,16)(H2,12,14). The molecular formula is C9H8BrN5O. The Balaban J connectivity index is 2.45. The van der Waals surface area contributed by atoms with Crippen molar-refractivity contribution in [1.29, 1.82) is 0 Å². The van der Waals surface area contributed by atoms with Gasteiger partial charge in [0.2, 0.25) is 11.9 Å². The van der Waals surface area contributed by atoms with Crippen LogP contribution < -0.4 is 11.5 Å². The number of hydrogen-bond donors (Lipinski definition) is 2. The fourth-order valence-electron chi connectivity index (χ4n) is 1.25. The van der Waals surface area contributed by atoms with Crippen molar-refractivity contribution in [2.45, 2.75) is 0 Å². The number of anilines is 1. The molecule has 0 aliphatic heterocycles. The predicted molar refractivity (Wildman–Crippen MR) is 62.0 cm³/mol. The Kier molecular flexibility index (Phi) is 2.61. The molecule has 1 heterocycles. The van der Waals surface area contributed by atoms with E-state index in [1.54, 1.807) is 18.2 Å². The zero-order valence-corrected chi connectivity index (χ0v) is 9.68. The number of primary amides is 1. The summed E-state index contributed by atoms with van der Waals surface area (Å²) in [5, 5.41) is 3.94. The van der Waals surface area contributed by atoms with Crippen LogP contribution in [0.4, 0.5) is 5.95 Å². The van der Waals surface area contributed by atoms with Crippen molar-refractivity contribution in [2.24, 2.45) is 5.73 Å². The summed E-state index contributed by atoms with van der Waals surface area (Å²) >= 11 is 3.26. The van der Waals surface area contributed by atoms with Crippen LogP contribution in [0.15, 0.2) is 29.0 Å². The zero-order chi connectivity index (χ0) is 11.7. The Hall–Kier alpha value is -1.89. The summed E-state index contributed by atoms with van der Waals surface area (Å²) < 4.78 is 2.11. The van der Waals surface area contributed by atoms with E-state index in [0.717, 1.165) is 5.69 Å². The number of benzene rings is 1.